The number of amides is 1. The minimum atomic E-state index is -4.01. The number of rotatable bonds is 7. The Morgan fingerprint density at radius 3 is 2.44 bits per heavy atom. The highest BCUT2D eigenvalue weighted by Crippen LogP contribution is 2.32. The van der Waals surface area contributed by atoms with Crippen LogP contribution in [0, 0.1) is 19.8 Å². The van der Waals surface area contributed by atoms with Crippen LogP contribution >= 0.6 is 0 Å². The summed E-state index contributed by atoms with van der Waals surface area (Å²) in [5, 5.41) is 2.86. The number of hydrogen-bond acceptors (Lipinski definition) is 5. The Labute approximate surface area is 189 Å². The normalized spacial score (nSPS) is 17.2. The Bertz CT molecular complexity index is 1090. The van der Waals surface area contributed by atoms with E-state index in [1.54, 1.807) is 32.9 Å². The molecule has 32 heavy (non-hydrogen) atoms. The van der Waals surface area contributed by atoms with E-state index in [-0.39, 0.29) is 29.5 Å². The van der Waals surface area contributed by atoms with E-state index in [0.29, 0.717) is 43.0 Å². The molecule has 1 aromatic carbocycles. The zero-order chi connectivity index (χ0) is 23.5. The first-order valence-electron chi connectivity index (χ1n) is 10.9. The van der Waals surface area contributed by atoms with Crippen LogP contribution in [0.2, 0.25) is 0 Å². The van der Waals surface area contributed by atoms with Crippen LogP contribution in [0.1, 0.15) is 48.4 Å². The summed E-state index contributed by atoms with van der Waals surface area (Å²) in [6, 6.07) is 9.10. The van der Waals surface area contributed by atoms with Gasteiger partial charge in [0.15, 0.2) is 0 Å². The minimum absolute atomic E-state index is 0.0144. The zero-order valence-electron chi connectivity index (χ0n) is 19.1. The maximum absolute atomic E-state index is 13.7. The van der Waals surface area contributed by atoms with Gasteiger partial charge >= 0.3 is 5.97 Å². The standard InChI is InChI=1S/C23H31N3O5S/c1-5-26-16(3)20(23(28)31-6-2)21(17(26)4)32(29,30)25-14-10-11-18(15-25)22(27)24-19-12-8-7-9-13-19/h7-9,12-13,18H,5-6,10-11,14-15H2,1-4H3,(H,24,27)/t18-/m1/s1. The minimum Gasteiger partial charge on any atom is -0.462 e. The molecule has 1 saturated heterocycles. The van der Waals surface area contributed by atoms with Crippen LogP contribution in [0.4, 0.5) is 5.69 Å². The van der Waals surface area contributed by atoms with Crippen LogP contribution in [0.3, 0.4) is 0 Å². The Morgan fingerprint density at radius 1 is 1.12 bits per heavy atom. The Hall–Kier alpha value is -2.65. The van der Waals surface area contributed by atoms with Gasteiger partial charge in [-0.3, -0.25) is 4.79 Å². The zero-order valence-corrected chi connectivity index (χ0v) is 19.9. The highest BCUT2D eigenvalue weighted by molar-refractivity contribution is 7.89. The van der Waals surface area contributed by atoms with E-state index in [4.69, 9.17) is 4.74 Å². The smallest absolute Gasteiger partial charge is 0.341 e. The number of para-hydroxylation sites is 1. The van der Waals surface area contributed by atoms with E-state index >= 15 is 0 Å². The van der Waals surface area contributed by atoms with Crippen molar-refractivity contribution in [1.29, 1.82) is 0 Å². The number of esters is 1. The van der Waals surface area contributed by atoms with Gasteiger partial charge in [-0.1, -0.05) is 18.2 Å². The van der Waals surface area contributed by atoms with Gasteiger partial charge in [-0.25, -0.2) is 13.2 Å². The molecule has 2 heterocycles. The van der Waals surface area contributed by atoms with Gasteiger partial charge in [0.05, 0.1) is 12.5 Å². The Balaban J connectivity index is 1.92. The molecule has 1 amide bonds. The topological polar surface area (TPSA) is 97.7 Å². The SMILES string of the molecule is CCOC(=O)c1c(S(=O)(=O)N2CCC[C@@H](C(=O)Nc3ccccc3)C2)c(C)n(CC)c1C. The number of anilines is 1. The predicted molar refractivity (Wildman–Crippen MR) is 122 cm³/mol. The van der Waals surface area contributed by atoms with Crippen LogP contribution in [-0.2, 0) is 26.1 Å². The second kappa shape index (κ2) is 9.87. The number of piperidine rings is 1. The molecule has 0 radical (unpaired) electrons. The molecule has 0 aliphatic carbocycles. The van der Waals surface area contributed by atoms with E-state index in [2.05, 4.69) is 5.32 Å². The molecule has 174 valence electrons. The molecule has 1 N–H and O–H groups in total. The van der Waals surface area contributed by atoms with Gasteiger partial charge in [0, 0.05) is 36.7 Å². The van der Waals surface area contributed by atoms with Crippen molar-refractivity contribution < 1.29 is 22.7 Å². The molecule has 2 aromatic rings. The summed E-state index contributed by atoms with van der Waals surface area (Å²) >= 11 is 0. The van der Waals surface area contributed by atoms with Gasteiger partial charge in [0.2, 0.25) is 15.9 Å². The van der Waals surface area contributed by atoms with Crippen molar-refractivity contribution in [1.82, 2.24) is 8.87 Å². The monoisotopic (exact) mass is 461 g/mol. The first kappa shape index (κ1) is 24.0. The molecular weight excluding hydrogens is 430 g/mol. The number of aromatic nitrogens is 1. The number of nitrogens with zero attached hydrogens (tertiary/aromatic N) is 2. The first-order valence-corrected chi connectivity index (χ1v) is 12.4. The van der Waals surface area contributed by atoms with Gasteiger partial charge in [-0.15, -0.1) is 0 Å². The molecular formula is C23H31N3O5S. The molecule has 0 spiro atoms. The van der Waals surface area contributed by atoms with E-state index in [1.165, 1.54) is 4.31 Å². The first-order chi connectivity index (χ1) is 15.2. The van der Waals surface area contributed by atoms with Crippen LogP contribution in [0.5, 0.6) is 0 Å². The average molecular weight is 462 g/mol. The third-order valence-corrected chi connectivity index (χ3v) is 7.94. The number of ether oxygens (including phenoxy) is 1. The van der Waals surface area contributed by atoms with E-state index in [1.807, 2.05) is 29.7 Å². The molecule has 8 nitrogen and oxygen atoms in total. The van der Waals surface area contributed by atoms with Gasteiger partial charge in [0.1, 0.15) is 10.5 Å². The molecule has 1 fully saturated rings. The van der Waals surface area contributed by atoms with Crippen molar-refractivity contribution in [3.63, 3.8) is 0 Å². The fourth-order valence-electron chi connectivity index (χ4n) is 4.36. The molecule has 1 aliphatic heterocycles. The van der Waals surface area contributed by atoms with Crippen molar-refractivity contribution >= 4 is 27.6 Å². The summed E-state index contributed by atoms with van der Waals surface area (Å²) in [5.41, 5.74) is 1.83. The molecule has 3 rings (SSSR count). The quantitative estimate of drug-likeness (QED) is 0.638. The summed E-state index contributed by atoms with van der Waals surface area (Å²) in [6.07, 6.45) is 1.16. The lowest BCUT2D eigenvalue weighted by molar-refractivity contribution is -0.120. The fraction of sp³-hybridized carbons (Fsp3) is 0.478. The van der Waals surface area contributed by atoms with Crippen LogP contribution in [0.25, 0.3) is 0 Å². The highest BCUT2D eigenvalue weighted by atomic mass is 32.2. The number of nitrogens with one attached hydrogen (secondary N) is 1. The Kier molecular flexibility index (Phi) is 7.40. The second-order valence-corrected chi connectivity index (χ2v) is 9.77. The lowest BCUT2D eigenvalue weighted by atomic mass is 9.99. The fourth-order valence-corrected chi connectivity index (χ4v) is 6.33. The van der Waals surface area contributed by atoms with Crippen LogP contribution in [0.15, 0.2) is 35.2 Å². The van der Waals surface area contributed by atoms with Crippen molar-refractivity contribution in [2.24, 2.45) is 5.92 Å². The van der Waals surface area contributed by atoms with Crippen molar-refractivity contribution in [2.75, 3.05) is 25.0 Å². The van der Waals surface area contributed by atoms with Crippen molar-refractivity contribution in [2.45, 2.75) is 52.0 Å². The van der Waals surface area contributed by atoms with E-state index in [9.17, 15) is 18.0 Å². The van der Waals surface area contributed by atoms with Gasteiger partial charge in [-0.2, -0.15) is 4.31 Å². The second-order valence-electron chi connectivity index (χ2n) is 7.90. The van der Waals surface area contributed by atoms with Gasteiger partial charge in [-0.05, 0) is 52.7 Å². The van der Waals surface area contributed by atoms with Gasteiger partial charge in [0.25, 0.3) is 0 Å². The molecule has 1 atom stereocenters. The molecule has 0 unspecified atom stereocenters. The largest absolute Gasteiger partial charge is 0.462 e. The number of sulfonamides is 1. The van der Waals surface area contributed by atoms with Crippen LogP contribution in [-0.4, -0.2) is 48.9 Å². The van der Waals surface area contributed by atoms with E-state index in [0.717, 1.165) is 0 Å². The lowest BCUT2D eigenvalue weighted by Crippen LogP contribution is -2.44. The third-order valence-electron chi connectivity index (χ3n) is 5.92. The average Bonchev–Trinajstić information content (AvgIpc) is 3.04. The molecule has 0 saturated carbocycles. The third kappa shape index (κ3) is 4.59. The summed E-state index contributed by atoms with van der Waals surface area (Å²) < 4.78 is 35.7. The summed E-state index contributed by atoms with van der Waals surface area (Å²) in [5.74, 6) is -1.32. The highest BCUT2D eigenvalue weighted by Gasteiger charge is 2.39. The number of hydrogen-bond donors (Lipinski definition) is 1. The summed E-state index contributed by atoms with van der Waals surface area (Å²) in [7, 11) is -4.01. The van der Waals surface area contributed by atoms with Crippen molar-refractivity contribution in [3.05, 3.63) is 47.3 Å². The van der Waals surface area contributed by atoms with Crippen LogP contribution < -0.4 is 5.32 Å². The molecule has 9 heteroatoms. The van der Waals surface area contributed by atoms with Crippen molar-refractivity contribution in [3.8, 4) is 0 Å². The predicted octanol–water partition coefficient (Wildman–Crippen LogP) is 3.34. The lowest BCUT2D eigenvalue weighted by Gasteiger charge is -2.31. The summed E-state index contributed by atoms with van der Waals surface area (Å²) in [6.45, 7) is 8.07. The summed E-state index contributed by atoms with van der Waals surface area (Å²) in [4.78, 5) is 25.5. The van der Waals surface area contributed by atoms with Gasteiger partial charge < -0.3 is 14.6 Å². The molecule has 0 bridgehead atoms. The molecule has 1 aliphatic rings. The van der Waals surface area contributed by atoms with E-state index < -0.39 is 21.9 Å². The maximum atomic E-state index is 13.7. The maximum Gasteiger partial charge on any atom is 0.341 e. The Morgan fingerprint density at radius 2 is 1.81 bits per heavy atom. The number of carbonyl (C=O) groups excluding carboxylic acids is 2. The number of benzene rings is 1. The molecule has 1 aromatic heterocycles. The number of carbonyl (C=O) groups is 2.